The minimum atomic E-state index is -0.316. The highest BCUT2D eigenvalue weighted by Crippen LogP contribution is 2.37. The van der Waals surface area contributed by atoms with Gasteiger partial charge in [-0.3, -0.25) is 14.7 Å². The second-order valence-corrected chi connectivity index (χ2v) is 10.4. The minimum Gasteiger partial charge on any atom is -0.492 e. The van der Waals surface area contributed by atoms with Gasteiger partial charge in [0.2, 0.25) is 0 Å². The van der Waals surface area contributed by atoms with Crippen molar-refractivity contribution in [3.63, 3.8) is 0 Å². The number of carbonyl (C=O) groups is 1. The molecule has 1 aliphatic rings. The summed E-state index contributed by atoms with van der Waals surface area (Å²) in [7, 11) is 0. The SMILES string of the molecule is C=C(CN1CCOCC1)C(=O)Nc1cc2c(Nc3ccc(OCc4ccccc4)c(Cl)c3)c(C#N)cnc2cc1OCC. The van der Waals surface area contributed by atoms with Crippen LogP contribution in [0.15, 0.2) is 79.0 Å². The fraction of sp³-hybridized carbons (Fsp3) is 0.242. The van der Waals surface area contributed by atoms with Crippen LogP contribution in [0.4, 0.5) is 17.1 Å². The number of anilines is 3. The molecule has 0 aliphatic carbocycles. The lowest BCUT2D eigenvalue weighted by molar-refractivity contribution is -0.113. The molecule has 10 heteroatoms. The molecule has 0 bridgehead atoms. The van der Waals surface area contributed by atoms with Crippen LogP contribution in [0.1, 0.15) is 18.1 Å². The third-order valence-corrected chi connectivity index (χ3v) is 7.21. The fourth-order valence-corrected chi connectivity index (χ4v) is 4.93. The van der Waals surface area contributed by atoms with Crippen LogP contribution in [0.25, 0.3) is 10.9 Å². The number of hydrogen-bond acceptors (Lipinski definition) is 8. The predicted molar refractivity (Wildman–Crippen MR) is 168 cm³/mol. The van der Waals surface area contributed by atoms with Crippen LogP contribution < -0.4 is 20.1 Å². The van der Waals surface area contributed by atoms with Crippen molar-refractivity contribution in [3.05, 3.63) is 95.2 Å². The van der Waals surface area contributed by atoms with Gasteiger partial charge in [0.05, 0.1) is 47.3 Å². The number of amides is 1. The van der Waals surface area contributed by atoms with Gasteiger partial charge in [-0.1, -0.05) is 48.5 Å². The first-order chi connectivity index (χ1) is 20.9. The summed E-state index contributed by atoms with van der Waals surface area (Å²) in [4.78, 5) is 19.8. The molecule has 220 valence electrons. The summed E-state index contributed by atoms with van der Waals surface area (Å²) in [6, 6.07) is 20.9. The van der Waals surface area contributed by atoms with Gasteiger partial charge < -0.3 is 24.8 Å². The summed E-state index contributed by atoms with van der Waals surface area (Å²) in [6.45, 7) is 9.83. The Hall–Kier alpha value is -4.62. The second-order valence-electron chi connectivity index (χ2n) is 9.95. The van der Waals surface area contributed by atoms with Gasteiger partial charge in [-0.05, 0) is 36.8 Å². The number of benzene rings is 3. The Kier molecular flexibility index (Phi) is 9.74. The first-order valence-electron chi connectivity index (χ1n) is 14.0. The molecule has 4 aromatic rings. The summed E-state index contributed by atoms with van der Waals surface area (Å²) >= 11 is 6.57. The lowest BCUT2D eigenvalue weighted by Crippen LogP contribution is -2.38. The molecule has 9 nitrogen and oxygen atoms in total. The van der Waals surface area contributed by atoms with Gasteiger partial charge in [0.25, 0.3) is 5.91 Å². The van der Waals surface area contributed by atoms with E-state index in [2.05, 4.69) is 33.2 Å². The van der Waals surface area contributed by atoms with Crippen molar-refractivity contribution >= 4 is 45.5 Å². The zero-order valence-electron chi connectivity index (χ0n) is 23.9. The monoisotopic (exact) mass is 597 g/mol. The van der Waals surface area contributed by atoms with E-state index in [1.807, 2.05) is 43.3 Å². The molecule has 2 heterocycles. The molecular weight excluding hydrogens is 566 g/mol. The van der Waals surface area contributed by atoms with E-state index in [1.165, 1.54) is 6.20 Å². The number of nitriles is 1. The molecule has 3 aromatic carbocycles. The van der Waals surface area contributed by atoms with Crippen LogP contribution in [-0.2, 0) is 16.1 Å². The van der Waals surface area contributed by atoms with Gasteiger partial charge >= 0.3 is 0 Å². The summed E-state index contributed by atoms with van der Waals surface area (Å²) in [5, 5.41) is 17.2. The zero-order valence-corrected chi connectivity index (χ0v) is 24.6. The van der Waals surface area contributed by atoms with E-state index in [9.17, 15) is 10.1 Å². The molecule has 1 amide bonds. The summed E-state index contributed by atoms with van der Waals surface area (Å²) in [5.74, 6) is 0.692. The highest BCUT2D eigenvalue weighted by atomic mass is 35.5. The predicted octanol–water partition coefficient (Wildman–Crippen LogP) is 6.31. The van der Waals surface area contributed by atoms with Gasteiger partial charge in [0, 0.05) is 48.5 Å². The number of nitrogens with zero attached hydrogens (tertiary/aromatic N) is 3. The van der Waals surface area contributed by atoms with E-state index in [1.54, 1.807) is 24.3 Å². The molecule has 0 spiro atoms. The summed E-state index contributed by atoms with van der Waals surface area (Å²) < 4.78 is 17.1. The molecule has 2 N–H and O–H groups in total. The normalized spacial score (nSPS) is 13.2. The topological polar surface area (TPSA) is 109 Å². The van der Waals surface area contributed by atoms with Crippen molar-refractivity contribution in [2.45, 2.75) is 13.5 Å². The summed E-state index contributed by atoms with van der Waals surface area (Å²) in [5.41, 5.74) is 3.99. The highest BCUT2D eigenvalue weighted by molar-refractivity contribution is 6.32. The molecule has 0 atom stereocenters. The molecule has 0 unspecified atom stereocenters. The first kappa shape index (κ1) is 29.9. The van der Waals surface area contributed by atoms with Crippen LogP contribution in [0, 0.1) is 11.3 Å². The van der Waals surface area contributed by atoms with Crippen molar-refractivity contribution in [2.75, 3.05) is 50.1 Å². The largest absolute Gasteiger partial charge is 0.492 e. The van der Waals surface area contributed by atoms with E-state index in [-0.39, 0.29) is 5.91 Å². The van der Waals surface area contributed by atoms with Gasteiger partial charge in [-0.15, -0.1) is 0 Å². The number of halogens is 1. The Labute approximate surface area is 255 Å². The molecule has 43 heavy (non-hydrogen) atoms. The van der Waals surface area contributed by atoms with Crippen LogP contribution >= 0.6 is 11.6 Å². The smallest absolute Gasteiger partial charge is 0.252 e. The first-order valence-corrected chi connectivity index (χ1v) is 14.3. The standard InChI is InChI=1S/C33H32ClN5O4/c1-3-42-31-17-28-26(16-29(31)38-33(40)22(2)20-39-11-13-41-14-12-39)32(24(18-35)19-36-28)37-25-9-10-30(27(34)15-25)43-21-23-7-5-4-6-8-23/h4-10,15-17,19H,2-3,11-14,20-21H2,1H3,(H,36,37)(H,38,40). The number of hydrogen-bond donors (Lipinski definition) is 2. The molecule has 5 rings (SSSR count). The van der Waals surface area contributed by atoms with E-state index < -0.39 is 0 Å². The summed E-state index contributed by atoms with van der Waals surface area (Å²) in [6.07, 6.45) is 1.50. The van der Waals surface area contributed by atoms with E-state index in [0.29, 0.717) is 88.6 Å². The quantitative estimate of drug-likeness (QED) is 0.194. The number of pyridine rings is 1. The van der Waals surface area contributed by atoms with Gasteiger partial charge in [-0.2, -0.15) is 5.26 Å². The molecule has 1 fully saturated rings. The number of morpholine rings is 1. The number of rotatable bonds is 11. The molecule has 1 aromatic heterocycles. The number of aromatic nitrogens is 1. The molecule has 0 saturated carbocycles. The molecular formula is C33H32ClN5O4. The maximum atomic E-state index is 13.2. The third kappa shape index (κ3) is 7.43. The van der Waals surface area contributed by atoms with Gasteiger partial charge in [-0.25, -0.2) is 0 Å². The second kappa shape index (κ2) is 14.0. The van der Waals surface area contributed by atoms with Crippen molar-refractivity contribution in [3.8, 4) is 17.6 Å². The van der Waals surface area contributed by atoms with E-state index in [4.69, 9.17) is 25.8 Å². The average molecular weight is 598 g/mol. The number of fused-ring (bicyclic) bond motifs is 1. The maximum Gasteiger partial charge on any atom is 0.252 e. The highest BCUT2D eigenvalue weighted by Gasteiger charge is 2.19. The lowest BCUT2D eigenvalue weighted by atomic mass is 10.1. The maximum absolute atomic E-state index is 13.2. The molecule has 1 aliphatic heterocycles. The number of ether oxygens (including phenoxy) is 3. The number of carbonyl (C=O) groups excluding carboxylic acids is 1. The van der Waals surface area contributed by atoms with Crippen LogP contribution in [0.2, 0.25) is 5.02 Å². The van der Waals surface area contributed by atoms with Crippen molar-refractivity contribution in [2.24, 2.45) is 0 Å². The number of nitrogens with one attached hydrogen (secondary N) is 2. The Balaban J connectivity index is 1.41. The molecule has 0 radical (unpaired) electrons. The molecule has 1 saturated heterocycles. The Bertz CT molecular complexity index is 1670. The van der Waals surface area contributed by atoms with E-state index >= 15 is 0 Å². The lowest BCUT2D eigenvalue weighted by Gasteiger charge is -2.27. The Morgan fingerprint density at radius 3 is 2.63 bits per heavy atom. The van der Waals surface area contributed by atoms with Crippen molar-refractivity contribution < 1.29 is 19.0 Å². The Morgan fingerprint density at radius 2 is 1.91 bits per heavy atom. The van der Waals surface area contributed by atoms with Crippen LogP contribution in [0.5, 0.6) is 11.5 Å². The van der Waals surface area contributed by atoms with Crippen LogP contribution in [-0.4, -0.2) is 55.2 Å². The van der Waals surface area contributed by atoms with Crippen molar-refractivity contribution in [1.82, 2.24) is 9.88 Å². The van der Waals surface area contributed by atoms with Crippen molar-refractivity contribution in [1.29, 1.82) is 5.26 Å². The van der Waals surface area contributed by atoms with E-state index in [0.717, 1.165) is 18.7 Å². The zero-order chi connectivity index (χ0) is 30.2. The fourth-order valence-electron chi connectivity index (χ4n) is 4.70. The Morgan fingerprint density at radius 1 is 1.12 bits per heavy atom. The van der Waals surface area contributed by atoms with Gasteiger partial charge in [0.15, 0.2) is 0 Å². The van der Waals surface area contributed by atoms with Gasteiger partial charge in [0.1, 0.15) is 24.2 Å². The average Bonchev–Trinajstić information content (AvgIpc) is 3.02. The third-order valence-electron chi connectivity index (χ3n) is 6.92. The van der Waals surface area contributed by atoms with Crippen LogP contribution in [0.3, 0.4) is 0 Å². The minimum absolute atomic E-state index is 0.316.